The summed E-state index contributed by atoms with van der Waals surface area (Å²) < 4.78 is 67.7. The van der Waals surface area contributed by atoms with Crippen LogP contribution in [0.4, 0.5) is 13.2 Å². The molecule has 0 aromatic heterocycles. The Bertz CT molecular complexity index is 614. The van der Waals surface area contributed by atoms with E-state index in [1.807, 2.05) is 19.6 Å². The van der Waals surface area contributed by atoms with E-state index in [1.54, 1.807) is 56.9 Å². The van der Waals surface area contributed by atoms with Crippen LogP contribution in [0.25, 0.3) is 0 Å². The molecule has 0 N–H and O–H groups in total. The molecule has 28 heavy (non-hydrogen) atoms. The molecule has 0 spiro atoms. The lowest BCUT2D eigenvalue weighted by atomic mass is 9.95. The van der Waals surface area contributed by atoms with Crippen molar-refractivity contribution in [3.63, 3.8) is 0 Å². The monoisotopic (exact) mass is 438 g/mol. The van der Waals surface area contributed by atoms with Crippen LogP contribution in [0.2, 0.25) is 39.3 Å². The van der Waals surface area contributed by atoms with Gasteiger partial charge in [-0.3, -0.25) is 0 Å². The van der Waals surface area contributed by atoms with Gasteiger partial charge in [0.15, 0.2) is 16.6 Å². The van der Waals surface area contributed by atoms with Crippen molar-refractivity contribution in [2.24, 2.45) is 0 Å². The Balaban J connectivity index is 3.98. The second-order valence-electron chi connectivity index (χ2n) is 8.39. The summed E-state index contributed by atoms with van der Waals surface area (Å²) in [5.74, 6) is -5.39. The van der Waals surface area contributed by atoms with E-state index in [4.69, 9.17) is 18.3 Å². The third kappa shape index (κ3) is 5.67. The molecular weight excluding hydrogens is 405 g/mol. The first-order chi connectivity index (χ1) is 12.6. The number of ether oxygens (including phenoxy) is 2. The van der Waals surface area contributed by atoms with E-state index in [0.717, 1.165) is 0 Å². The number of alkyl halides is 3. The lowest BCUT2D eigenvalue weighted by Gasteiger charge is -2.52. The van der Waals surface area contributed by atoms with Gasteiger partial charge in [0.2, 0.25) is 0 Å². The SMILES string of the molecule is CCOC(O[Si](C)(C)C)(c1ccccc1)C(OCC)(O[Si](C)(C)C)C(F)(F)F. The van der Waals surface area contributed by atoms with Gasteiger partial charge in [-0.1, -0.05) is 30.3 Å². The molecule has 0 saturated heterocycles. The van der Waals surface area contributed by atoms with E-state index in [-0.39, 0.29) is 18.8 Å². The third-order valence-corrected chi connectivity index (χ3v) is 5.36. The van der Waals surface area contributed by atoms with Crippen LogP contribution in [-0.2, 0) is 24.1 Å². The van der Waals surface area contributed by atoms with Gasteiger partial charge < -0.3 is 18.3 Å². The lowest BCUT2D eigenvalue weighted by molar-refractivity contribution is -0.460. The molecule has 162 valence electrons. The van der Waals surface area contributed by atoms with Gasteiger partial charge in [-0.05, 0) is 53.1 Å². The summed E-state index contributed by atoms with van der Waals surface area (Å²) in [5.41, 5.74) is 0.211. The topological polar surface area (TPSA) is 36.9 Å². The summed E-state index contributed by atoms with van der Waals surface area (Å²) >= 11 is 0. The minimum absolute atomic E-state index is 0.0145. The Hall–Kier alpha value is -0.716. The van der Waals surface area contributed by atoms with Crippen LogP contribution in [0, 0.1) is 0 Å². The highest BCUT2D eigenvalue weighted by atomic mass is 28.4. The van der Waals surface area contributed by atoms with E-state index in [9.17, 15) is 13.2 Å². The summed E-state index contributed by atoms with van der Waals surface area (Å²) in [5, 5.41) is 0. The highest BCUT2D eigenvalue weighted by molar-refractivity contribution is 6.70. The van der Waals surface area contributed by atoms with Crippen molar-refractivity contribution < 1.29 is 31.5 Å². The van der Waals surface area contributed by atoms with Gasteiger partial charge in [-0.2, -0.15) is 13.2 Å². The second-order valence-corrected chi connectivity index (χ2v) is 17.2. The molecule has 0 aliphatic carbocycles. The summed E-state index contributed by atoms with van der Waals surface area (Å²) in [4.78, 5) is 0. The molecule has 1 rings (SSSR count). The van der Waals surface area contributed by atoms with Gasteiger partial charge in [0, 0.05) is 18.8 Å². The molecule has 2 atom stereocenters. The zero-order valence-corrected chi connectivity index (χ0v) is 20.1. The quantitative estimate of drug-likeness (QED) is 0.338. The predicted molar refractivity (Wildman–Crippen MR) is 109 cm³/mol. The zero-order valence-electron chi connectivity index (χ0n) is 18.1. The zero-order chi connectivity index (χ0) is 21.9. The Kier molecular flexibility index (Phi) is 8.11. The summed E-state index contributed by atoms with van der Waals surface area (Å²) in [6.07, 6.45) is -4.91. The van der Waals surface area contributed by atoms with Gasteiger partial charge in [0.1, 0.15) is 0 Å². The maximum Gasteiger partial charge on any atom is 0.448 e. The standard InChI is InChI=1S/C19H33F3O4Si2/c1-9-23-17(25-27(3,4)5,16-14-12-11-13-15-16)18(24-10-2,19(20,21)22)26-28(6,7)8/h11-15H,9-10H2,1-8H3. The Morgan fingerprint density at radius 2 is 1.21 bits per heavy atom. The van der Waals surface area contributed by atoms with Crippen LogP contribution in [-0.4, -0.2) is 41.8 Å². The van der Waals surface area contributed by atoms with Crippen molar-refractivity contribution >= 4 is 16.6 Å². The average Bonchev–Trinajstić information content (AvgIpc) is 2.51. The molecule has 0 aliphatic heterocycles. The molecule has 1 aromatic rings. The first kappa shape index (κ1) is 25.3. The van der Waals surface area contributed by atoms with E-state index in [2.05, 4.69) is 0 Å². The van der Waals surface area contributed by atoms with E-state index in [0.29, 0.717) is 0 Å². The molecule has 0 amide bonds. The normalized spacial score (nSPS) is 17.8. The van der Waals surface area contributed by atoms with E-state index < -0.39 is 34.4 Å². The molecule has 0 fully saturated rings. The van der Waals surface area contributed by atoms with Gasteiger partial charge in [-0.15, -0.1) is 0 Å². The first-order valence-corrected chi connectivity index (χ1v) is 16.3. The number of hydrogen-bond acceptors (Lipinski definition) is 4. The van der Waals surface area contributed by atoms with Gasteiger partial charge in [-0.25, -0.2) is 0 Å². The molecule has 0 saturated carbocycles. The van der Waals surface area contributed by atoms with Crippen molar-refractivity contribution in [1.29, 1.82) is 0 Å². The number of rotatable bonds is 10. The van der Waals surface area contributed by atoms with Gasteiger partial charge in [0.25, 0.3) is 5.79 Å². The van der Waals surface area contributed by atoms with Crippen LogP contribution in [0.3, 0.4) is 0 Å². The molecule has 0 bridgehead atoms. The molecule has 0 heterocycles. The van der Waals surface area contributed by atoms with Crippen LogP contribution < -0.4 is 0 Å². The second kappa shape index (κ2) is 8.97. The maximum atomic E-state index is 14.8. The first-order valence-electron chi connectivity index (χ1n) is 9.44. The predicted octanol–water partition coefficient (Wildman–Crippen LogP) is 5.87. The maximum absolute atomic E-state index is 14.8. The number of benzene rings is 1. The molecule has 1 aromatic carbocycles. The molecule has 9 heteroatoms. The summed E-state index contributed by atoms with van der Waals surface area (Å²) in [7, 11) is -5.35. The van der Waals surface area contributed by atoms with Gasteiger partial charge >= 0.3 is 12.0 Å². The summed E-state index contributed by atoms with van der Waals surface area (Å²) in [6.45, 7) is 13.4. The van der Waals surface area contributed by atoms with Crippen molar-refractivity contribution in [3.05, 3.63) is 35.9 Å². The van der Waals surface area contributed by atoms with Crippen molar-refractivity contribution in [2.45, 2.75) is 70.9 Å². The third-order valence-electron chi connectivity index (χ3n) is 3.56. The van der Waals surface area contributed by atoms with Crippen LogP contribution >= 0.6 is 0 Å². The smallest absolute Gasteiger partial charge is 0.383 e. The molecule has 2 unspecified atom stereocenters. The van der Waals surface area contributed by atoms with E-state index in [1.165, 1.54) is 6.92 Å². The Morgan fingerprint density at radius 3 is 1.57 bits per heavy atom. The minimum atomic E-state index is -4.91. The Morgan fingerprint density at radius 1 is 0.750 bits per heavy atom. The molecular formula is C19H33F3O4Si2. The fraction of sp³-hybridized carbons (Fsp3) is 0.684. The largest absolute Gasteiger partial charge is 0.448 e. The minimum Gasteiger partial charge on any atom is -0.383 e. The highest BCUT2D eigenvalue weighted by Gasteiger charge is 2.74. The van der Waals surface area contributed by atoms with E-state index >= 15 is 0 Å². The van der Waals surface area contributed by atoms with Crippen molar-refractivity contribution in [3.8, 4) is 0 Å². The number of halogens is 3. The molecule has 4 nitrogen and oxygen atoms in total. The number of hydrogen-bond donors (Lipinski definition) is 0. The average molecular weight is 439 g/mol. The van der Waals surface area contributed by atoms with Crippen LogP contribution in [0.5, 0.6) is 0 Å². The highest BCUT2D eigenvalue weighted by Crippen LogP contribution is 2.53. The lowest BCUT2D eigenvalue weighted by Crippen LogP contribution is -2.70. The Labute approximate surface area is 168 Å². The fourth-order valence-corrected chi connectivity index (χ4v) is 5.31. The molecule has 0 aliphatic rings. The van der Waals surface area contributed by atoms with Gasteiger partial charge in [0.05, 0.1) is 0 Å². The van der Waals surface area contributed by atoms with Crippen molar-refractivity contribution in [2.75, 3.05) is 13.2 Å². The summed E-state index contributed by atoms with van der Waals surface area (Å²) in [6, 6.07) is 8.15. The van der Waals surface area contributed by atoms with Crippen LogP contribution in [0.1, 0.15) is 19.4 Å². The fourth-order valence-electron chi connectivity index (χ4n) is 2.97. The molecule has 0 radical (unpaired) electrons. The van der Waals surface area contributed by atoms with Crippen molar-refractivity contribution in [1.82, 2.24) is 0 Å². The van der Waals surface area contributed by atoms with Crippen LogP contribution in [0.15, 0.2) is 30.3 Å².